The van der Waals surface area contributed by atoms with Gasteiger partial charge in [-0.1, -0.05) is 206 Å². The zero-order valence-corrected chi connectivity index (χ0v) is 36.6. The van der Waals surface area contributed by atoms with Crippen molar-refractivity contribution in [1.29, 1.82) is 0 Å². The zero-order chi connectivity index (χ0) is 41.9. The molecule has 8 N–H and O–H groups in total. The first-order valence-corrected chi connectivity index (χ1v) is 23.9. The van der Waals surface area contributed by atoms with Crippen LogP contribution in [-0.2, 0) is 14.3 Å². The van der Waals surface area contributed by atoms with E-state index in [1.165, 1.54) is 141 Å². The number of aliphatic hydroxyl groups excluding tert-OH is 7. The van der Waals surface area contributed by atoms with Crippen LogP contribution >= 0.6 is 0 Å². The van der Waals surface area contributed by atoms with E-state index in [4.69, 9.17) is 9.47 Å². The number of amides is 1. The molecule has 11 nitrogen and oxygen atoms in total. The summed E-state index contributed by atoms with van der Waals surface area (Å²) in [6, 6.07) is -1.16. The van der Waals surface area contributed by atoms with Gasteiger partial charge in [0.2, 0.25) is 5.91 Å². The van der Waals surface area contributed by atoms with Crippen molar-refractivity contribution in [2.75, 3.05) is 13.2 Å². The van der Waals surface area contributed by atoms with Crippen LogP contribution in [0.25, 0.3) is 0 Å². The lowest BCUT2D eigenvalue weighted by Gasteiger charge is -2.40. The van der Waals surface area contributed by atoms with Crippen LogP contribution in [0.5, 0.6) is 0 Å². The van der Waals surface area contributed by atoms with E-state index in [9.17, 15) is 40.5 Å². The standard InChI is InChI=1S/C46H91NO10/c1-3-5-7-9-11-13-15-16-17-18-19-20-21-22-24-25-27-29-31-33-38(49)41(51)37(36-56-46-44(54)43(53)42(52)40(35-48)57-46)47-45(55)39(50)34-32-30-28-26-23-14-12-10-8-6-4-2/h37-44,46,48-54H,3-36H2,1-2H3,(H,47,55). The Morgan fingerprint density at radius 2 is 0.912 bits per heavy atom. The fraction of sp³-hybridized carbons (Fsp3) is 0.978. The van der Waals surface area contributed by atoms with E-state index in [1.54, 1.807) is 0 Å². The highest BCUT2D eigenvalue weighted by Crippen LogP contribution is 2.23. The Hall–Kier alpha value is -0.890. The fourth-order valence-corrected chi connectivity index (χ4v) is 7.91. The molecule has 1 aliphatic heterocycles. The van der Waals surface area contributed by atoms with Gasteiger partial charge in [-0.25, -0.2) is 0 Å². The minimum absolute atomic E-state index is 0.265. The number of unbranched alkanes of at least 4 members (excludes halogenated alkanes) is 28. The van der Waals surface area contributed by atoms with Crippen molar-refractivity contribution in [3.63, 3.8) is 0 Å². The summed E-state index contributed by atoms with van der Waals surface area (Å²) >= 11 is 0. The Bertz CT molecular complexity index is 897. The van der Waals surface area contributed by atoms with Gasteiger partial charge in [-0.3, -0.25) is 4.79 Å². The predicted molar refractivity (Wildman–Crippen MR) is 229 cm³/mol. The molecule has 9 atom stereocenters. The molecule has 9 unspecified atom stereocenters. The van der Waals surface area contributed by atoms with Crippen LogP contribution in [0.15, 0.2) is 0 Å². The van der Waals surface area contributed by atoms with Crippen molar-refractivity contribution in [1.82, 2.24) is 5.32 Å². The summed E-state index contributed by atoms with van der Waals surface area (Å²) in [6.45, 7) is 3.44. The maximum Gasteiger partial charge on any atom is 0.249 e. The summed E-state index contributed by atoms with van der Waals surface area (Å²) < 4.78 is 11.1. The zero-order valence-electron chi connectivity index (χ0n) is 36.6. The first-order chi connectivity index (χ1) is 27.7. The van der Waals surface area contributed by atoms with Gasteiger partial charge in [0.05, 0.1) is 25.4 Å². The van der Waals surface area contributed by atoms with Gasteiger partial charge in [-0.15, -0.1) is 0 Å². The summed E-state index contributed by atoms with van der Waals surface area (Å²) in [7, 11) is 0. The second-order valence-corrected chi connectivity index (χ2v) is 17.2. The quantitative estimate of drug-likeness (QED) is 0.0283. The smallest absolute Gasteiger partial charge is 0.249 e. The molecular formula is C46H91NO10. The van der Waals surface area contributed by atoms with Gasteiger partial charge in [0, 0.05) is 0 Å². The van der Waals surface area contributed by atoms with E-state index < -0.39 is 74.2 Å². The first kappa shape index (κ1) is 54.1. The normalized spacial score (nSPS) is 22.0. The largest absolute Gasteiger partial charge is 0.394 e. The van der Waals surface area contributed by atoms with Crippen molar-refractivity contribution in [3.05, 3.63) is 0 Å². The topological polar surface area (TPSA) is 189 Å². The number of carbonyl (C=O) groups excluding carboxylic acids is 1. The lowest BCUT2D eigenvalue weighted by atomic mass is 9.98. The summed E-state index contributed by atoms with van der Waals surface area (Å²) in [5, 5.41) is 75.6. The molecule has 340 valence electrons. The third-order valence-corrected chi connectivity index (χ3v) is 11.9. The van der Waals surface area contributed by atoms with Crippen LogP contribution in [0.2, 0.25) is 0 Å². The molecule has 0 aromatic carbocycles. The number of carbonyl (C=O) groups is 1. The minimum atomic E-state index is -1.66. The van der Waals surface area contributed by atoms with Gasteiger partial charge >= 0.3 is 0 Å². The average Bonchev–Trinajstić information content (AvgIpc) is 3.21. The number of aliphatic hydroxyl groups is 7. The van der Waals surface area contributed by atoms with Crippen LogP contribution in [0, 0.1) is 0 Å². The Balaban J connectivity index is 2.40. The summed E-state index contributed by atoms with van der Waals surface area (Å²) in [5.41, 5.74) is 0. The van der Waals surface area contributed by atoms with Crippen molar-refractivity contribution < 1.29 is 50.0 Å². The first-order valence-electron chi connectivity index (χ1n) is 23.9. The number of hydrogen-bond acceptors (Lipinski definition) is 10. The van der Waals surface area contributed by atoms with Crippen LogP contribution in [0.3, 0.4) is 0 Å². The molecule has 11 heteroatoms. The van der Waals surface area contributed by atoms with Crippen molar-refractivity contribution >= 4 is 5.91 Å². The second kappa shape index (κ2) is 36.9. The predicted octanol–water partition coefficient (Wildman–Crippen LogP) is 7.89. The molecule has 0 saturated carbocycles. The fourth-order valence-electron chi connectivity index (χ4n) is 7.91. The molecule has 0 aromatic rings. The molecule has 1 aliphatic rings. The summed E-state index contributed by atoms with van der Waals surface area (Å²) in [5.74, 6) is -0.695. The molecular weight excluding hydrogens is 727 g/mol. The summed E-state index contributed by atoms with van der Waals surface area (Å²) in [4.78, 5) is 13.0. The highest BCUT2D eigenvalue weighted by molar-refractivity contribution is 5.80. The van der Waals surface area contributed by atoms with Gasteiger partial charge in [-0.2, -0.15) is 0 Å². The van der Waals surface area contributed by atoms with Gasteiger partial charge in [0.25, 0.3) is 0 Å². The van der Waals surface area contributed by atoms with Gasteiger partial charge < -0.3 is 50.5 Å². The molecule has 1 saturated heterocycles. The van der Waals surface area contributed by atoms with Gasteiger partial charge in [-0.05, 0) is 12.8 Å². The lowest BCUT2D eigenvalue weighted by molar-refractivity contribution is -0.303. The second-order valence-electron chi connectivity index (χ2n) is 17.2. The number of rotatable bonds is 40. The highest BCUT2D eigenvalue weighted by Gasteiger charge is 2.44. The molecule has 0 bridgehead atoms. The minimum Gasteiger partial charge on any atom is -0.394 e. The molecule has 1 amide bonds. The number of nitrogens with one attached hydrogen (secondary N) is 1. The van der Waals surface area contributed by atoms with Gasteiger partial charge in [0.15, 0.2) is 6.29 Å². The highest BCUT2D eigenvalue weighted by atomic mass is 16.7. The molecule has 0 aliphatic carbocycles. The number of ether oxygens (including phenoxy) is 2. The molecule has 0 radical (unpaired) electrons. The Morgan fingerprint density at radius 3 is 1.30 bits per heavy atom. The third kappa shape index (κ3) is 26.8. The van der Waals surface area contributed by atoms with Crippen molar-refractivity contribution in [3.8, 4) is 0 Å². The molecule has 1 fully saturated rings. The monoisotopic (exact) mass is 818 g/mol. The van der Waals surface area contributed by atoms with Crippen LogP contribution in [0.1, 0.15) is 219 Å². The van der Waals surface area contributed by atoms with Crippen molar-refractivity contribution in [2.45, 2.75) is 274 Å². The Kier molecular flexibility index (Phi) is 35.1. The average molecular weight is 818 g/mol. The molecule has 1 heterocycles. The van der Waals surface area contributed by atoms with Crippen LogP contribution in [0.4, 0.5) is 0 Å². The Labute approximate surface area is 348 Å². The van der Waals surface area contributed by atoms with Gasteiger partial charge in [0.1, 0.15) is 36.6 Å². The Morgan fingerprint density at radius 1 is 0.544 bits per heavy atom. The van der Waals surface area contributed by atoms with Crippen LogP contribution in [-0.4, -0.2) is 110 Å². The molecule has 1 rings (SSSR count). The van der Waals surface area contributed by atoms with E-state index in [1.807, 2.05) is 0 Å². The number of hydrogen-bond donors (Lipinski definition) is 8. The molecule has 57 heavy (non-hydrogen) atoms. The SMILES string of the molecule is CCCCCCCCCCCCCCCCCCCCCC(O)C(O)C(COC1OC(CO)C(O)C(O)C1O)NC(=O)C(O)CCCCCCCCCCCCC. The molecule has 0 spiro atoms. The van der Waals surface area contributed by atoms with Crippen LogP contribution < -0.4 is 5.32 Å². The van der Waals surface area contributed by atoms with E-state index in [0.717, 1.165) is 38.5 Å². The van der Waals surface area contributed by atoms with Crippen molar-refractivity contribution in [2.24, 2.45) is 0 Å². The lowest BCUT2D eigenvalue weighted by Crippen LogP contribution is -2.60. The maximum atomic E-state index is 13.0. The maximum absolute atomic E-state index is 13.0. The van der Waals surface area contributed by atoms with E-state index in [-0.39, 0.29) is 6.42 Å². The summed E-state index contributed by atoms with van der Waals surface area (Å²) in [6.07, 6.45) is 25.8. The van der Waals surface area contributed by atoms with E-state index in [2.05, 4.69) is 19.2 Å². The third-order valence-electron chi connectivity index (χ3n) is 11.9. The molecule has 0 aromatic heterocycles. The van der Waals surface area contributed by atoms with E-state index in [0.29, 0.717) is 19.3 Å². The van der Waals surface area contributed by atoms with E-state index >= 15 is 0 Å².